The van der Waals surface area contributed by atoms with Gasteiger partial charge >= 0.3 is 0 Å². The summed E-state index contributed by atoms with van der Waals surface area (Å²) < 4.78 is 28.9. The third kappa shape index (κ3) is 2.38. The highest BCUT2D eigenvalue weighted by Gasteiger charge is 2.24. The standard InChI is InChI=1S/C13H18N4O2S/c14-12-13(17-9-2-1-6-11(17)16-12)20(18,19)15-8-7-10-4-3-5-10/h1-2,6,9-10,15H,3-5,7-8,14H2. The van der Waals surface area contributed by atoms with E-state index >= 15 is 0 Å². The van der Waals surface area contributed by atoms with E-state index in [0.717, 1.165) is 6.42 Å². The minimum absolute atomic E-state index is 0.0294. The topological polar surface area (TPSA) is 89.5 Å². The van der Waals surface area contributed by atoms with Crippen LogP contribution in [0.5, 0.6) is 0 Å². The molecule has 0 spiro atoms. The molecular weight excluding hydrogens is 276 g/mol. The number of rotatable bonds is 5. The van der Waals surface area contributed by atoms with Gasteiger partial charge in [-0.15, -0.1) is 0 Å². The number of hydrogen-bond donors (Lipinski definition) is 2. The SMILES string of the molecule is Nc1nc2ccccn2c1S(=O)(=O)NCCC1CCC1. The maximum Gasteiger partial charge on any atom is 0.260 e. The quantitative estimate of drug-likeness (QED) is 0.872. The van der Waals surface area contributed by atoms with Crippen LogP contribution < -0.4 is 10.5 Å². The van der Waals surface area contributed by atoms with Crippen LogP contribution in [0, 0.1) is 5.92 Å². The fraction of sp³-hybridized carbons (Fsp3) is 0.462. The summed E-state index contributed by atoms with van der Waals surface area (Å²) >= 11 is 0. The lowest BCUT2D eigenvalue weighted by Gasteiger charge is -2.25. The lowest BCUT2D eigenvalue weighted by Crippen LogP contribution is -2.29. The molecule has 2 aromatic heterocycles. The van der Waals surface area contributed by atoms with Crippen molar-refractivity contribution in [2.24, 2.45) is 5.92 Å². The predicted octanol–water partition coefficient (Wildman–Crippen LogP) is 1.38. The second-order valence-corrected chi connectivity index (χ2v) is 6.90. The smallest absolute Gasteiger partial charge is 0.260 e. The maximum atomic E-state index is 12.4. The fourth-order valence-corrected chi connectivity index (χ4v) is 3.76. The molecule has 2 aromatic rings. The molecule has 1 saturated carbocycles. The Hall–Kier alpha value is -1.60. The largest absolute Gasteiger partial charge is 0.381 e. The highest BCUT2D eigenvalue weighted by molar-refractivity contribution is 7.89. The van der Waals surface area contributed by atoms with E-state index in [-0.39, 0.29) is 10.8 Å². The minimum atomic E-state index is -3.63. The number of imidazole rings is 1. The van der Waals surface area contributed by atoms with E-state index in [0.29, 0.717) is 18.1 Å². The second kappa shape index (κ2) is 5.06. The summed E-state index contributed by atoms with van der Waals surface area (Å²) in [6.45, 7) is 0.451. The van der Waals surface area contributed by atoms with Gasteiger partial charge in [0.15, 0.2) is 10.8 Å². The van der Waals surface area contributed by atoms with Crippen LogP contribution >= 0.6 is 0 Å². The number of hydrogen-bond acceptors (Lipinski definition) is 4. The van der Waals surface area contributed by atoms with Gasteiger partial charge in [0.25, 0.3) is 10.0 Å². The third-order valence-electron chi connectivity index (χ3n) is 3.84. The van der Waals surface area contributed by atoms with Gasteiger partial charge in [-0.05, 0) is 24.5 Å². The number of anilines is 1. The first-order chi connectivity index (χ1) is 9.58. The average molecular weight is 294 g/mol. The molecular formula is C13H18N4O2S. The predicted molar refractivity (Wildman–Crippen MR) is 76.8 cm³/mol. The molecule has 0 atom stereocenters. The number of nitrogens with zero attached hydrogens (tertiary/aromatic N) is 2. The van der Waals surface area contributed by atoms with Gasteiger partial charge in [0.05, 0.1) is 0 Å². The van der Waals surface area contributed by atoms with Crippen LogP contribution in [0.4, 0.5) is 5.82 Å². The zero-order valence-corrected chi connectivity index (χ0v) is 11.9. The summed E-state index contributed by atoms with van der Waals surface area (Å²) in [7, 11) is -3.63. The average Bonchev–Trinajstić information content (AvgIpc) is 2.68. The van der Waals surface area contributed by atoms with Crippen molar-refractivity contribution in [2.45, 2.75) is 30.7 Å². The molecule has 2 heterocycles. The Morgan fingerprint density at radius 2 is 2.20 bits per heavy atom. The Kier molecular flexibility index (Phi) is 3.39. The van der Waals surface area contributed by atoms with Crippen molar-refractivity contribution >= 4 is 21.5 Å². The van der Waals surface area contributed by atoms with Crippen LogP contribution in [0.2, 0.25) is 0 Å². The van der Waals surface area contributed by atoms with Crippen LogP contribution in [0.15, 0.2) is 29.4 Å². The monoisotopic (exact) mass is 294 g/mol. The number of nitrogen functional groups attached to an aromatic ring is 1. The van der Waals surface area contributed by atoms with E-state index < -0.39 is 10.0 Å². The number of aromatic nitrogens is 2. The highest BCUT2D eigenvalue weighted by atomic mass is 32.2. The first kappa shape index (κ1) is 13.4. The summed E-state index contributed by atoms with van der Waals surface area (Å²) in [6.07, 6.45) is 6.21. The van der Waals surface area contributed by atoms with Crippen LogP contribution in [-0.2, 0) is 10.0 Å². The van der Waals surface area contributed by atoms with Crippen molar-refractivity contribution in [3.05, 3.63) is 24.4 Å². The normalized spacial score (nSPS) is 16.4. The van der Waals surface area contributed by atoms with E-state index in [9.17, 15) is 8.42 Å². The van der Waals surface area contributed by atoms with Gasteiger partial charge in [-0.2, -0.15) is 0 Å². The van der Waals surface area contributed by atoms with Crippen molar-refractivity contribution in [2.75, 3.05) is 12.3 Å². The molecule has 7 heteroatoms. The van der Waals surface area contributed by atoms with Gasteiger partial charge in [-0.25, -0.2) is 18.1 Å². The molecule has 3 N–H and O–H groups in total. The molecule has 0 aromatic carbocycles. The number of nitrogens with one attached hydrogen (secondary N) is 1. The Morgan fingerprint density at radius 1 is 1.40 bits per heavy atom. The number of fused-ring (bicyclic) bond motifs is 1. The second-order valence-electron chi connectivity index (χ2n) is 5.21. The third-order valence-corrected chi connectivity index (χ3v) is 5.33. The summed E-state index contributed by atoms with van der Waals surface area (Å²) in [5.74, 6) is 0.699. The molecule has 0 bridgehead atoms. The van der Waals surface area contributed by atoms with Crippen LogP contribution in [0.25, 0.3) is 5.65 Å². The fourth-order valence-electron chi connectivity index (χ4n) is 2.51. The van der Waals surface area contributed by atoms with Gasteiger partial charge in [0, 0.05) is 12.7 Å². The number of pyridine rings is 1. The summed E-state index contributed by atoms with van der Waals surface area (Å²) in [5, 5.41) is 0.0294. The summed E-state index contributed by atoms with van der Waals surface area (Å²) in [5.41, 5.74) is 6.29. The van der Waals surface area contributed by atoms with Crippen molar-refractivity contribution in [1.29, 1.82) is 0 Å². The van der Waals surface area contributed by atoms with Crippen LogP contribution in [0.3, 0.4) is 0 Å². The van der Waals surface area contributed by atoms with E-state index in [2.05, 4.69) is 9.71 Å². The van der Waals surface area contributed by atoms with E-state index in [1.165, 1.54) is 23.7 Å². The molecule has 20 heavy (non-hydrogen) atoms. The lowest BCUT2D eigenvalue weighted by molar-refractivity contribution is 0.297. The molecule has 0 unspecified atom stereocenters. The molecule has 0 aliphatic heterocycles. The Balaban J connectivity index is 1.82. The van der Waals surface area contributed by atoms with Gasteiger partial charge in [-0.3, -0.25) is 4.40 Å². The molecule has 0 saturated heterocycles. The van der Waals surface area contributed by atoms with Crippen molar-refractivity contribution in [3.63, 3.8) is 0 Å². The van der Waals surface area contributed by atoms with Crippen LogP contribution in [0.1, 0.15) is 25.7 Å². The van der Waals surface area contributed by atoms with Crippen molar-refractivity contribution in [3.8, 4) is 0 Å². The molecule has 1 aliphatic carbocycles. The Labute approximate surface area is 118 Å². The molecule has 6 nitrogen and oxygen atoms in total. The summed E-state index contributed by atoms with van der Waals surface area (Å²) in [6, 6.07) is 5.27. The Bertz CT molecular complexity index is 719. The van der Waals surface area contributed by atoms with Gasteiger partial charge in [0.1, 0.15) is 5.65 Å². The maximum absolute atomic E-state index is 12.4. The first-order valence-electron chi connectivity index (χ1n) is 6.80. The molecule has 108 valence electrons. The van der Waals surface area contributed by atoms with Crippen molar-refractivity contribution < 1.29 is 8.42 Å². The van der Waals surface area contributed by atoms with Gasteiger partial charge in [-0.1, -0.05) is 25.3 Å². The zero-order chi connectivity index (χ0) is 14.2. The van der Waals surface area contributed by atoms with Crippen molar-refractivity contribution in [1.82, 2.24) is 14.1 Å². The number of nitrogens with two attached hydrogens (primary N) is 1. The molecule has 3 rings (SSSR count). The van der Waals surface area contributed by atoms with Gasteiger partial charge in [0.2, 0.25) is 0 Å². The molecule has 0 amide bonds. The highest BCUT2D eigenvalue weighted by Crippen LogP contribution is 2.29. The van der Waals surface area contributed by atoms with Gasteiger partial charge < -0.3 is 5.73 Å². The molecule has 0 radical (unpaired) electrons. The van der Waals surface area contributed by atoms with E-state index in [1.54, 1.807) is 24.4 Å². The lowest BCUT2D eigenvalue weighted by atomic mass is 9.83. The Morgan fingerprint density at radius 3 is 2.90 bits per heavy atom. The van der Waals surface area contributed by atoms with Crippen LogP contribution in [-0.4, -0.2) is 24.3 Å². The van der Waals surface area contributed by atoms with E-state index in [1.807, 2.05) is 0 Å². The zero-order valence-electron chi connectivity index (χ0n) is 11.1. The molecule has 1 fully saturated rings. The van der Waals surface area contributed by atoms with E-state index in [4.69, 9.17) is 5.73 Å². The number of sulfonamides is 1. The molecule has 1 aliphatic rings. The summed E-state index contributed by atoms with van der Waals surface area (Å²) in [4.78, 5) is 4.07. The first-order valence-corrected chi connectivity index (χ1v) is 8.28. The minimum Gasteiger partial charge on any atom is -0.381 e.